The molecule has 0 amide bonds. The molecule has 2 aliphatic heterocycles. The quantitative estimate of drug-likeness (QED) is 0.136. The van der Waals surface area contributed by atoms with Crippen LogP contribution in [-0.2, 0) is 33.3 Å². The SMILES string of the molecule is CC1(C)C2CC[C@]3(C)C(CC[C@@H]4C5=C[C@@](C)(C(=O)O)CC[C@]5(C)CC[C@]43C)[C@@]2(C)CC[C@@H]1O[C@@H]1O[C@H](C(=O)O)[C@@H](O)[C@H](O)[C@H]1O[C@@H]1O[C@H](C(=O)O)[C@@H](O)[C@H](O)[C@H]1O. The summed E-state index contributed by atoms with van der Waals surface area (Å²) in [5.74, 6) is -3.13. The zero-order valence-corrected chi connectivity index (χ0v) is 34.2. The number of hydrogen-bond donors (Lipinski definition) is 8. The number of carboxylic acids is 3. The van der Waals surface area contributed by atoms with Gasteiger partial charge in [0, 0.05) is 0 Å². The minimum Gasteiger partial charge on any atom is -0.481 e. The zero-order chi connectivity index (χ0) is 42.0. The van der Waals surface area contributed by atoms with E-state index in [1.165, 1.54) is 5.57 Å². The number of aliphatic carboxylic acids is 3. The van der Waals surface area contributed by atoms with E-state index in [2.05, 4.69) is 47.6 Å². The molecular formula is C42H64O15. The summed E-state index contributed by atoms with van der Waals surface area (Å²) in [6.07, 6.45) is -8.68. The standard InChI is InChI=1S/C42H64O15/c1-37(2)21-10-13-42(7)22(9-8-19-20-18-39(4,36(52)53)15-14-38(20,3)16-17-41(19,42)6)40(21,5)12-11-23(37)54-35-31(27(46)26(45)30(56-35)33(50)51)57-34-28(47)24(43)25(44)29(55-34)32(48)49/h18-19,21-31,34-35,43-47H,8-17H2,1-7H3,(H,48,49)(H,50,51)(H,52,53)/t19-,21?,22?,23+,24+,25+,26+,27+,28-,29+,30+,31-,34+,35-,38-,39+,40+,41-,42-/m1/s1. The van der Waals surface area contributed by atoms with Crippen LogP contribution in [0.2, 0.25) is 0 Å². The number of carboxylic acid groups (broad SMARTS) is 3. The summed E-state index contributed by atoms with van der Waals surface area (Å²) in [5, 5.41) is 83.0. The fourth-order valence-corrected chi connectivity index (χ4v) is 13.7. The number of ether oxygens (including phenoxy) is 4. The number of hydrogen-bond acceptors (Lipinski definition) is 12. The van der Waals surface area contributed by atoms with E-state index in [0.29, 0.717) is 24.7 Å². The van der Waals surface area contributed by atoms with Gasteiger partial charge in [-0.15, -0.1) is 0 Å². The Kier molecular flexibility index (Phi) is 10.7. The molecule has 15 heteroatoms. The highest BCUT2D eigenvalue weighted by atomic mass is 16.8. The molecule has 0 aromatic rings. The lowest BCUT2D eigenvalue weighted by Gasteiger charge is -2.72. The third-order valence-corrected chi connectivity index (χ3v) is 17.4. The van der Waals surface area contributed by atoms with Crippen LogP contribution in [0.3, 0.4) is 0 Å². The van der Waals surface area contributed by atoms with Gasteiger partial charge in [0.05, 0.1) is 11.5 Å². The monoisotopic (exact) mass is 808 g/mol. The Labute approximate surface area is 333 Å². The van der Waals surface area contributed by atoms with Gasteiger partial charge in [0.2, 0.25) is 0 Å². The second-order valence-corrected chi connectivity index (χ2v) is 20.6. The van der Waals surface area contributed by atoms with Gasteiger partial charge < -0.3 is 59.8 Å². The summed E-state index contributed by atoms with van der Waals surface area (Å²) < 4.78 is 23.5. The predicted molar refractivity (Wildman–Crippen MR) is 199 cm³/mol. The van der Waals surface area contributed by atoms with Crippen molar-refractivity contribution in [2.75, 3.05) is 0 Å². The molecule has 7 rings (SSSR count). The van der Waals surface area contributed by atoms with Crippen LogP contribution >= 0.6 is 0 Å². The smallest absolute Gasteiger partial charge is 0.335 e. The van der Waals surface area contributed by atoms with Gasteiger partial charge in [-0.05, 0) is 116 Å². The highest BCUT2D eigenvalue weighted by Crippen LogP contribution is 2.76. The van der Waals surface area contributed by atoms with Crippen LogP contribution in [0, 0.1) is 50.2 Å². The zero-order valence-electron chi connectivity index (χ0n) is 34.2. The molecule has 2 saturated heterocycles. The van der Waals surface area contributed by atoms with Gasteiger partial charge >= 0.3 is 17.9 Å². The average molecular weight is 809 g/mol. The third kappa shape index (κ3) is 6.35. The number of aliphatic hydroxyl groups excluding tert-OH is 5. The largest absolute Gasteiger partial charge is 0.481 e. The second-order valence-electron chi connectivity index (χ2n) is 20.6. The van der Waals surface area contributed by atoms with Gasteiger partial charge in [0.1, 0.15) is 36.6 Å². The van der Waals surface area contributed by atoms with Crippen molar-refractivity contribution in [2.45, 2.75) is 180 Å². The highest BCUT2D eigenvalue weighted by molar-refractivity contribution is 5.77. The van der Waals surface area contributed by atoms with Crippen LogP contribution in [0.1, 0.15) is 113 Å². The van der Waals surface area contributed by atoms with Crippen molar-refractivity contribution >= 4 is 17.9 Å². The van der Waals surface area contributed by atoms with Gasteiger partial charge in [-0.1, -0.05) is 53.2 Å². The lowest BCUT2D eigenvalue weighted by atomic mass is 9.32. The van der Waals surface area contributed by atoms with Crippen molar-refractivity contribution < 1.29 is 74.2 Å². The summed E-state index contributed by atoms with van der Waals surface area (Å²) in [6, 6.07) is 0. The highest BCUT2D eigenvalue weighted by Gasteiger charge is 2.69. The lowest BCUT2D eigenvalue weighted by Crippen LogP contribution is -2.67. The first kappa shape index (κ1) is 42.9. The topological polar surface area (TPSA) is 250 Å². The molecule has 6 fully saturated rings. The van der Waals surface area contributed by atoms with Crippen molar-refractivity contribution in [2.24, 2.45) is 50.2 Å². The molecule has 8 N–H and O–H groups in total. The molecule has 0 spiro atoms. The Bertz CT molecular complexity index is 1650. The normalized spacial score (nSPS) is 53.2. The van der Waals surface area contributed by atoms with Crippen molar-refractivity contribution in [1.82, 2.24) is 0 Å². The second kappa shape index (κ2) is 14.2. The van der Waals surface area contributed by atoms with Crippen LogP contribution in [0.4, 0.5) is 0 Å². The Hall–Kier alpha value is -2.21. The van der Waals surface area contributed by atoms with E-state index < -0.39 is 96.3 Å². The van der Waals surface area contributed by atoms with E-state index >= 15 is 0 Å². The molecule has 2 heterocycles. The number of rotatable bonds is 7. The molecule has 0 aromatic carbocycles. The van der Waals surface area contributed by atoms with Crippen LogP contribution in [-0.4, -0.2) is 126 Å². The predicted octanol–water partition coefficient (Wildman–Crippen LogP) is 3.07. The summed E-state index contributed by atoms with van der Waals surface area (Å²) in [7, 11) is 0. The van der Waals surface area contributed by atoms with E-state index in [9.17, 15) is 55.2 Å². The van der Waals surface area contributed by atoms with E-state index in [1.54, 1.807) is 0 Å². The van der Waals surface area contributed by atoms with Gasteiger partial charge in [0.15, 0.2) is 24.8 Å². The Balaban J connectivity index is 1.15. The maximum absolute atomic E-state index is 12.5. The van der Waals surface area contributed by atoms with Crippen LogP contribution < -0.4 is 0 Å². The molecule has 0 radical (unpaired) electrons. The molecule has 15 nitrogen and oxygen atoms in total. The summed E-state index contributed by atoms with van der Waals surface area (Å²) in [5.41, 5.74) is -0.173. The number of carbonyl (C=O) groups is 3. The van der Waals surface area contributed by atoms with E-state index in [0.717, 1.165) is 51.4 Å². The molecule has 322 valence electrons. The molecular weight excluding hydrogens is 744 g/mol. The Morgan fingerprint density at radius 2 is 1.21 bits per heavy atom. The van der Waals surface area contributed by atoms with Gasteiger partial charge in [0.25, 0.3) is 0 Å². The molecule has 19 atom stereocenters. The molecule has 2 unspecified atom stereocenters. The first-order chi connectivity index (χ1) is 26.4. The van der Waals surface area contributed by atoms with Gasteiger partial charge in [-0.25, -0.2) is 9.59 Å². The van der Waals surface area contributed by atoms with E-state index in [1.807, 2.05) is 6.92 Å². The van der Waals surface area contributed by atoms with E-state index in [4.69, 9.17) is 18.9 Å². The number of fused-ring (bicyclic) bond motifs is 7. The maximum atomic E-state index is 12.5. The first-order valence-corrected chi connectivity index (χ1v) is 20.8. The lowest BCUT2D eigenvalue weighted by molar-refractivity contribution is -0.372. The molecule has 0 aromatic heterocycles. The van der Waals surface area contributed by atoms with Crippen molar-refractivity contribution in [3.63, 3.8) is 0 Å². The van der Waals surface area contributed by atoms with Crippen molar-refractivity contribution in [3.05, 3.63) is 11.6 Å². The third-order valence-electron chi connectivity index (χ3n) is 17.4. The fraction of sp³-hybridized carbons (Fsp3) is 0.881. The number of aliphatic hydroxyl groups is 5. The Morgan fingerprint density at radius 3 is 1.82 bits per heavy atom. The fourth-order valence-electron chi connectivity index (χ4n) is 13.7. The van der Waals surface area contributed by atoms with Crippen molar-refractivity contribution in [3.8, 4) is 0 Å². The molecule has 0 bridgehead atoms. The van der Waals surface area contributed by atoms with Crippen molar-refractivity contribution in [1.29, 1.82) is 0 Å². The van der Waals surface area contributed by atoms with Gasteiger partial charge in [-0.2, -0.15) is 0 Å². The first-order valence-electron chi connectivity index (χ1n) is 20.8. The molecule has 4 saturated carbocycles. The van der Waals surface area contributed by atoms with Crippen LogP contribution in [0.5, 0.6) is 0 Å². The molecule has 7 aliphatic rings. The minimum atomic E-state index is -2.01. The molecule has 57 heavy (non-hydrogen) atoms. The summed E-state index contributed by atoms with van der Waals surface area (Å²) >= 11 is 0. The number of allylic oxidation sites excluding steroid dienone is 1. The van der Waals surface area contributed by atoms with Crippen LogP contribution in [0.25, 0.3) is 0 Å². The molecule has 5 aliphatic carbocycles. The van der Waals surface area contributed by atoms with Crippen LogP contribution in [0.15, 0.2) is 11.6 Å². The Morgan fingerprint density at radius 1 is 0.614 bits per heavy atom. The van der Waals surface area contributed by atoms with Gasteiger partial charge in [-0.3, -0.25) is 4.79 Å². The maximum Gasteiger partial charge on any atom is 0.335 e. The summed E-state index contributed by atoms with van der Waals surface area (Å²) in [4.78, 5) is 36.4. The average Bonchev–Trinajstić information content (AvgIpc) is 3.12. The summed E-state index contributed by atoms with van der Waals surface area (Å²) in [6.45, 7) is 15.8. The minimum absolute atomic E-state index is 0.00703. The van der Waals surface area contributed by atoms with E-state index in [-0.39, 0.29) is 27.6 Å².